The average molecular weight is 525 g/mol. The first-order valence-electron chi connectivity index (χ1n) is 12.8. The number of aliphatic carboxylic acids is 1. The Bertz CT molecular complexity index is 1340. The number of piperidine rings is 1. The predicted molar refractivity (Wildman–Crippen MR) is 140 cm³/mol. The summed E-state index contributed by atoms with van der Waals surface area (Å²) in [4.78, 5) is 17.7. The quantitative estimate of drug-likeness (QED) is 0.340. The maximum absolute atomic E-state index is 15.5. The number of alkyl halides is 1. The molecule has 1 saturated heterocycles. The van der Waals surface area contributed by atoms with Crippen LogP contribution in [0.3, 0.4) is 0 Å². The maximum Gasteiger partial charge on any atom is 0.303 e. The molecule has 1 aliphatic heterocycles. The molecule has 3 atom stereocenters. The molecule has 5 nitrogen and oxygen atoms in total. The Morgan fingerprint density at radius 1 is 1.16 bits per heavy atom. The number of nitrogens with zero attached hydrogens (tertiary/aromatic N) is 2. The smallest absolute Gasteiger partial charge is 0.303 e. The number of carboxylic acids is 1. The lowest BCUT2D eigenvalue weighted by Crippen LogP contribution is -2.41. The van der Waals surface area contributed by atoms with Crippen LogP contribution in [0.2, 0.25) is 0 Å². The first-order chi connectivity index (χ1) is 18.3. The van der Waals surface area contributed by atoms with E-state index in [9.17, 15) is 18.7 Å². The van der Waals surface area contributed by atoms with Gasteiger partial charge in [-0.25, -0.2) is 13.2 Å². The van der Waals surface area contributed by atoms with E-state index >= 15 is 4.39 Å². The zero-order valence-corrected chi connectivity index (χ0v) is 21.3. The second-order valence-corrected chi connectivity index (χ2v) is 9.74. The molecule has 1 fully saturated rings. The van der Waals surface area contributed by atoms with Crippen LogP contribution < -0.4 is 4.74 Å². The second-order valence-electron chi connectivity index (χ2n) is 9.74. The molecule has 0 radical (unpaired) electrons. The maximum atomic E-state index is 15.5. The van der Waals surface area contributed by atoms with Crippen molar-refractivity contribution >= 4 is 16.9 Å². The van der Waals surface area contributed by atoms with Gasteiger partial charge >= 0.3 is 5.97 Å². The molecule has 1 aromatic heterocycles. The zero-order valence-electron chi connectivity index (χ0n) is 21.3. The third-order valence-electron chi connectivity index (χ3n) is 7.27. The van der Waals surface area contributed by atoms with Crippen molar-refractivity contribution in [1.82, 2.24) is 9.88 Å². The molecule has 3 aromatic rings. The SMILES string of the molecule is COc1ccc2nccc([C@H](F)CC[C@@H]3CCN(CC#Cc4ccc(F)c(F)c4)C[C@H]3CCC(=O)O)c2c1. The van der Waals surface area contributed by atoms with Gasteiger partial charge in [0.2, 0.25) is 0 Å². The van der Waals surface area contributed by atoms with E-state index in [1.165, 1.54) is 6.07 Å². The largest absolute Gasteiger partial charge is 0.497 e. The second kappa shape index (κ2) is 12.8. The number of hydrogen-bond acceptors (Lipinski definition) is 4. The van der Waals surface area contributed by atoms with Gasteiger partial charge < -0.3 is 9.84 Å². The van der Waals surface area contributed by atoms with Crippen LogP contribution in [0, 0.1) is 35.3 Å². The summed E-state index contributed by atoms with van der Waals surface area (Å²) in [6.45, 7) is 1.86. The van der Waals surface area contributed by atoms with Gasteiger partial charge in [-0.05, 0) is 92.1 Å². The third kappa shape index (κ3) is 7.05. The number of halogens is 3. The Kier molecular flexibility index (Phi) is 9.24. The molecule has 2 aromatic carbocycles. The van der Waals surface area contributed by atoms with Crippen LogP contribution in [0.15, 0.2) is 48.7 Å². The highest BCUT2D eigenvalue weighted by molar-refractivity contribution is 5.83. The molecule has 2 heterocycles. The Hall–Kier alpha value is -3.57. The lowest BCUT2D eigenvalue weighted by atomic mass is 9.79. The van der Waals surface area contributed by atoms with Gasteiger partial charge in [-0.1, -0.05) is 11.8 Å². The topological polar surface area (TPSA) is 62.7 Å². The molecule has 1 aliphatic rings. The molecule has 0 unspecified atom stereocenters. The summed E-state index contributed by atoms with van der Waals surface area (Å²) in [7, 11) is 1.57. The van der Waals surface area contributed by atoms with Crippen molar-refractivity contribution in [2.45, 2.75) is 38.3 Å². The van der Waals surface area contributed by atoms with Crippen LogP contribution in [-0.4, -0.2) is 47.7 Å². The van der Waals surface area contributed by atoms with Gasteiger partial charge in [0.05, 0.1) is 19.2 Å². The van der Waals surface area contributed by atoms with Crippen LogP contribution in [0.25, 0.3) is 10.9 Å². The predicted octanol–water partition coefficient (Wildman–Crippen LogP) is 6.17. The van der Waals surface area contributed by atoms with Gasteiger partial charge in [-0.3, -0.25) is 14.7 Å². The highest BCUT2D eigenvalue weighted by Gasteiger charge is 2.30. The Morgan fingerprint density at radius 3 is 2.76 bits per heavy atom. The number of pyridine rings is 1. The van der Waals surface area contributed by atoms with Crippen molar-refractivity contribution in [3.8, 4) is 17.6 Å². The minimum Gasteiger partial charge on any atom is -0.497 e. The van der Waals surface area contributed by atoms with Crippen LogP contribution >= 0.6 is 0 Å². The summed E-state index contributed by atoms with van der Waals surface area (Å²) in [5.41, 5.74) is 1.69. The van der Waals surface area contributed by atoms with Crippen LogP contribution in [0.4, 0.5) is 13.2 Å². The fraction of sp³-hybridized carbons (Fsp3) is 0.400. The van der Waals surface area contributed by atoms with E-state index in [0.717, 1.165) is 30.5 Å². The summed E-state index contributed by atoms with van der Waals surface area (Å²) < 4.78 is 47.4. The van der Waals surface area contributed by atoms with Crippen LogP contribution in [0.1, 0.15) is 49.4 Å². The summed E-state index contributed by atoms with van der Waals surface area (Å²) >= 11 is 0. The number of carbonyl (C=O) groups is 1. The molecule has 38 heavy (non-hydrogen) atoms. The van der Waals surface area contributed by atoms with Crippen molar-refractivity contribution in [1.29, 1.82) is 0 Å². The van der Waals surface area contributed by atoms with Gasteiger partial charge in [0.25, 0.3) is 0 Å². The summed E-state index contributed by atoms with van der Waals surface area (Å²) in [6.07, 6.45) is 2.81. The van der Waals surface area contributed by atoms with Gasteiger partial charge in [0.15, 0.2) is 11.6 Å². The van der Waals surface area contributed by atoms with Crippen molar-refractivity contribution in [3.63, 3.8) is 0 Å². The minimum absolute atomic E-state index is 0.0589. The Morgan fingerprint density at radius 2 is 2.00 bits per heavy atom. The third-order valence-corrected chi connectivity index (χ3v) is 7.27. The van der Waals surface area contributed by atoms with E-state index in [-0.39, 0.29) is 18.3 Å². The van der Waals surface area contributed by atoms with Crippen molar-refractivity contribution in [2.75, 3.05) is 26.7 Å². The fourth-order valence-electron chi connectivity index (χ4n) is 5.21. The number of benzene rings is 2. The summed E-state index contributed by atoms with van der Waals surface area (Å²) in [6, 6.07) is 10.7. The minimum atomic E-state index is -1.17. The zero-order chi connectivity index (χ0) is 27.1. The summed E-state index contributed by atoms with van der Waals surface area (Å²) in [5, 5.41) is 9.98. The van der Waals surface area contributed by atoms with E-state index in [1.54, 1.807) is 31.5 Å². The van der Waals surface area contributed by atoms with Gasteiger partial charge in [-0.2, -0.15) is 0 Å². The van der Waals surface area contributed by atoms with Crippen LogP contribution in [-0.2, 0) is 4.79 Å². The molecule has 0 aliphatic carbocycles. The number of carboxylic acid groups (broad SMARTS) is 1. The van der Waals surface area contributed by atoms with Gasteiger partial charge in [-0.15, -0.1) is 0 Å². The average Bonchev–Trinajstić information content (AvgIpc) is 2.92. The van der Waals surface area contributed by atoms with Gasteiger partial charge in [0.1, 0.15) is 11.9 Å². The molecule has 200 valence electrons. The molecule has 4 rings (SSSR count). The number of likely N-dealkylation sites (tertiary alicyclic amines) is 1. The van der Waals surface area contributed by atoms with Crippen LogP contribution in [0.5, 0.6) is 5.75 Å². The molecular weight excluding hydrogens is 493 g/mol. The Labute approximate surface area is 220 Å². The van der Waals surface area contributed by atoms with E-state index < -0.39 is 23.8 Å². The molecule has 0 amide bonds. The number of aromatic nitrogens is 1. The molecule has 1 N–H and O–H groups in total. The number of hydrogen-bond donors (Lipinski definition) is 1. The van der Waals surface area contributed by atoms with E-state index in [4.69, 9.17) is 4.74 Å². The molecule has 0 saturated carbocycles. The first-order valence-corrected chi connectivity index (χ1v) is 12.8. The van der Waals surface area contributed by atoms with Gasteiger partial charge in [0, 0.05) is 30.1 Å². The molecular formula is C30H31F3N2O3. The highest BCUT2D eigenvalue weighted by Crippen LogP contribution is 2.36. The molecule has 8 heteroatoms. The lowest BCUT2D eigenvalue weighted by Gasteiger charge is -2.38. The molecule has 0 bridgehead atoms. The van der Waals surface area contributed by atoms with Crippen molar-refractivity contribution < 1.29 is 27.8 Å². The van der Waals surface area contributed by atoms with Crippen molar-refractivity contribution in [2.24, 2.45) is 11.8 Å². The van der Waals surface area contributed by atoms with E-state index in [1.807, 2.05) is 6.07 Å². The number of methoxy groups -OCH3 is 1. The Balaban J connectivity index is 1.39. The number of fused-ring (bicyclic) bond motifs is 1. The number of rotatable bonds is 9. The lowest BCUT2D eigenvalue weighted by molar-refractivity contribution is -0.137. The fourth-order valence-corrected chi connectivity index (χ4v) is 5.21. The number of ether oxygens (including phenoxy) is 1. The van der Waals surface area contributed by atoms with Crippen molar-refractivity contribution in [3.05, 3.63) is 71.4 Å². The standard InChI is InChI=1S/C30H31F3N2O3/c1-38-23-7-10-29-25(18-23)24(12-14-34-29)26(31)9-5-21-13-16-35(19-22(21)6-11-30(36)37)15-2-3-20-4-8-27(32)28(33)17-20/h4,7-8,10,12,14,17-18,21-22,26H,5-6,9,11,13,15-16,19H2,1H3,(H,36,37)/t21-,22-,26-/m1/s1. The first kappa shape index (κ1) is 27.5. The van der Waals surface area contributed by atoms with E-state index in [2.05, 4.69) is 21.7 Å². The monoisotopic (exact) mass is 524 g/mol. The van der Waals surface area contributed by atoms with E-state index in [0.29, 0.717) is 54.7 Å². The normalized spacial score (nSPS) is 18.5. The summed E-state index contributed by atoms with van der Waals surface area (Å²) in [5.74, 6) is 4.13. The molecule has 0 spiro atoms. The highest BCUT2D eigenvalue weighted by atomic mass is 19.2.